The van der Waals surface area contributed by atoms with Gasteiger partial charge in [-0.25, -0.2) is 4.99 Å². The van der Waals surface area contributed by atoms with Gasteiger partial charge >= 0.3 is 0 Å². The Kier molecular flexibility index (Phi) is 6.17. The van der Waals surface area contributed by atoms with Crippen molar-refractivity contribution in [1.29, 1.82) is 0 Å². The maximum atomic E-state index is 11.8. The number of nitrogens with one attached hydrogen (secondary N) is 2. The summed E-state index contributed by atoms with van der Waals surface area (Å²) < 4.78 is 0. The smallest absolute Gasteiger partial charge is 0.251 e. The summed E-state index contributed by atoms with van der Waals surface area (Å²) in [5, 5.41) is 6.14. The summed E-state index contributed by atoms with van der Waals surface area (Å²) in [6, 6.07) is 7.73. The van der Waals surface area contributed by atoms with Crippen LogP contribution >= 0.6 is 0 Å². The van der Waals surface area contributed by atoms with Gasteiger partial charge < -0.3 is 15.5 Å². The predicted molar refractivity (Wildman–Crippen MR) is 106 cm³/mol. The fraction of sp³-hybridized carbons (Fsp3) is 0.619. The second kappa shape index (κ2) is 8.56. The van der Waals surface area contributed by atoms with Gasteiger partial charge in [-0.15, -0.1) is 0 Å². The van der Waals surface area contributed by atoms with E-state index in [1.165, 1.54) is 38.5 Å². The second-order valence-electron chi connectivity index (χ2n) is 7.68. The topological polar surface area (TPSA) is 56.7 Å². The Morgan fingerprint density at radius 2 is 2.04 bits per heavy atom. The van der Waals surface area contributed by atoms with Crippen molar-refractivity contribution < 1.29 is 4.79 Å². The van der Waals surface area contributed by atoms with Crippen LogP contribution in [0.2, 0.25) is 0 Å². The summed E-state index contributed by atoms with van der Waals surface area (Å²) in [6.07, 6.45) is 8.21. The van der Waals surface area contributed by atoms with Gasteiger partial charge in [0.2, 0.25) is 0 Å². The summed E-state index contributed by atoms with van der Waals surface area (Å²) >= 11 is 0. The van der Waals surface area contributed by atoms with Crippen LogP contribution in [-0.2, 0) is 6.54 Å². The lowest BCUT2D eigenvalue weighted by atomic mass is 9.73. The molecule has 2 N–H and O–H groups in total. The van der Waals surface area contributed by atoms with E-state index in [1.54, 1.807) is 7.05 Å². The standard InChI is InChI=1S/C21H32N4O/c1-3-23-20(25-13-12-21(16-25)10-5-4-6-11-21)24-15-17-8-7-9-18(14-17)19(26)22-2/h7-9,14H,3-6,10-13,15-16H2,1-2H3,(H,22,26)(H,23,24). The Labute approximate surface area is 157 Å². The first-order valence-corrected chi connectivity index (χ1v) is 10.00. The lowest BCUT2D eigenvalue weighted by Crippen LogP contribution is -2.41. The Morgan fingerprint density at radius 1 is 1.23 bits per heavy atom. The number of carbonyl (C=O) groups is 1. The molecule has 1 amide bonds. The Hall–Kier alpha value is -2.04. The molecule has 1 aliphatic carbocycles. The SMILES string of the molecule is CCNC(=NCc1cccc(C(=O)NC)c1)N1CCC2(CCCCC2)C1. The first-order chi connectivity index (χ1) is 12.7. The number of hydrogen-bond acceptors (Lipinski definition) is 2. The van der Waals surface area contributed by atoms with Crippen molar-refractivity contribution in [2.24, 2.45) is 10.4 Å². The average molecular weight is 357 g/mol. The minimum absolute atomic E-state index is 0.0541. The van der Waals surface area contributed by atoms with E-state index >= 15 is 0 Å². The molecule has 2 aliphatic rings. The monoisotopic (exact) mass is 356 g/mol. The number of aliphatic imine (C=N–C) groups is 1. The molecule has 1 saturated carbocycles. The number of amides is 1. The van der Waals surface area contributed by atoms with Crippen LogP contribution in [0.3, 0.4) is 0 Å². The molecule has 1 saturated heterocycles. The van der Waals surface area contributed by atoms with Crippen molar-refractivity contribution in [3.8, 4) is 0 Å². The molecule has 1 heterocycles. The molecule has 0 atom stereocenters. The normalized spacial score (nSPS) is 19.6. The van der Waals surface area contributed by atoms with Gasteiger partial charge in [-0.05, 0) is 49.3 Å². The highest BCUT2D eigenvalue weighted by atomic mass is 16.1. The van der Waals surface area contributed by atoms with Crippen LogP contribution in [0.1, 0.15) is 61.4 Å². The predicted octanol–water partition coefficient (Wildman–Crippen LogP) is 3.17. The quantitative estimate of drug-likeness (QED) is 0.643. The highest BCUT2D eigenvalue weighted by Crippen LogP contribution is 2.43. The molecule has 5 heteroatoms. The van der Waals surface area contributed by atoms with E-state index in [9.17, 15) is 4.79 Å². The fourth-order valence-electron chi connectivity index (χ4n) is 4.37. The molecular formula is C21H32N4O. The summed E-state index contributed by atoms with van der Waals surface area (Å²) in [6.45, 7) is 5.83. The van der Waals surface area contributed by atoms with Gasteiger partial charge in [0.05, 0.1) is 6.54 Å². The molecule has 142 valence electrons. The number of guanidine groups is 1. The van der Waals surface area contributed by atoms with E-state index in [0.717, 1.165) is 31.2 Å². The van der Waals surface area contributed by atoms with Gasteiger partial charge in [-0.2, -0.15) is 0 Å². The Balaban J connectivity index is 1.69. The van der Waals surface area contributed by atoms with Gasteiger partial charge in [0.1, 0.15) is 0 Å². The van der Waals surface area contributed by atoms with Crippen LogP contribution in [0.4, 0.5) is 0 Å². The van der Waals surface area contributed by atoms with Crippen LogP contribution < -0.4 is 10.6 Å². The molecule has 1 spiro atoms. The zero-order valence-corrected chi connectivity index (χ0v) is 16.2. The van der Waals surface area contributed by atoms with E-state index in [1.807, 2.05) is 24.3 Å². The largest absolute Gasteiger partial charge is 0.357 e. The first kappa shape index (κ1) is 18.7. The summed E-state index contributed by atoms with van der Waals surface area (Å²) in [5.74, 6) is 0.960. The molecule has 0 radical (unpaired) electrons. The molecule has 1 aromatic carbocycles. The number of carbonyl (C=O) groups excluding carboxylic acids is 1. The zero-order valence-electron chi connectivity index (χ0n) is 16.2. The molecule has 0 unspecified atom stereocenters. The number of rotatable bonds is 4. The third-order valence-electron chi connectivity index (χ3n) is 5.81. The van der Waals surface area contributed by atoms with Gasteiger partial charge in [-0.1, -0.05) is 31.4 Å². The average Bonchev–Trinajstić information content (AvgIpc) is 3.08. The van der Waals surface area contributed by atoms with Gasteiger partial charge in [0.15, 0.2) is 5.96 Å². The van der Waals surface area contributed by atoms with E-state index < -0.39 is 0 Å². The second-order valence-corrected chi connectivity index (χ2v) is 7.68. The molecule has 1 aromatic rings. The van der Waals surface area contributed by atoms with E-state index in [0.29, 0.717) is 17.5 Å². The number of hydrogen-bond donors (Lipinski definition) is 2. The van der Waals surface area contributed by atoms with E-state index in [-0.39, 0.29) is 5.91 Å². The fourth-order valence-corrected chi connectivity index (χ4v) is 4.37. The van der Waals surface area contributed by atoms with Crippen LogP contribution in [-0.4, -0.2) is 43.4 Å². The Bertz CT molecular complexity index is 649. The van der Waals surface area contributed by atoms with Crippen LogP contribution in [0.25, 0.3) is 0 Å². The van der Waals surface area contributed by atoms with Crippen molar-refractivity contribution in [3.63, 3.8) is 0 Å². The summed E-state index contributed by atoms with van der Waals surface area (Å²) in [4.78, 5) is 19.1. The van der Waals surface area contributed by atoms with Crippen LogP contribution in [0.15, 0.2) is 29.3 Å². The minimum Gasteiger partial charge on any atom is -0.357 e. The minimum atomic E-state index is -0.0541. The zero-order chi connectivity index (χ0) is 18.4. The number of nitrogens with zero attached hydrogens (tertiary/aromatic N) is 2. The van der Waals surface area contributed by atoms with Crippen molar-refractivity contribution in [1.82, 2.24) is 15.5 Å². The van der Waals surface area contributed by atoms with Crippen LogP contribution in [0.5, 0.6) is 0 Å². The van der Waals surface area contributed by atoms with Crippen molar-refractivity contribution in [3.05, 3.63) is 35.4 Å². The van der Waals surface area contributed by atoms with Crippen LogP contribution in [0, 0.1) is 5.41 Å². The third-order valence-corrected chi connectivity index (χ3v) is 5.81. The maximum absolute atomic E-state index is 11.8. The molecule has 0 bridgehead atoms. The van der Waals surface area contributed by atoms with E-state index in [4.69, 9.17) is 4.99 Å². The molecule has 26 heavy (non-hydrogen) atoms. The number of benzene rings is 1. The number of likely N-dealkylation sites (tertiary alicyclic amines) is 1. The lowest BCUT2D eigenvalue weighted by molar-refractivity contribution is 0.0963. The van der Waals surface area contributed by atoms with Crippen molar-refractivity contribution in [2.75, 3.05) is 26.7 Å². The van der Waals surface area contributed by atoms with E-state index in [2.05, 4.69) is 22.5 Å². The van der Waals surface area contributed by atoms with Gasteiger partial charge in [0.25, 0.3) is 5.91 Å². The summed E-state index contributed by atoms with van der Waals surface area (Å²) in [7, 11) is 1.66. The molecule has 3 rings (SSSR count). The maximum Gasteiger partial charge on any atom is 0.251 e. The molecule has 1 aliphatic heterocycles. The molecule has 5 nitrogen and oxygen atoms in total. The summed E-state index contributed by atoms with van der Waals surface area (Å²) in [5.41, 5.74) is 2.27. The molecule has 2 fully saturated rings. The van der Waals surface area contributed by atoms with Crippen molar-refractivity contribution in [2.45, 2.75) is 52.0 Å². The van der Waals surface area contributed by atoms with Gasteiger partial charge in [-0.3, -0.25) is 4.79 Å². The highest BCUT2D eigenvalue weighted by molar-refractivity contribution is 5.94. The van der Waals surface area contributed by atoms with Crippen molar-refractivity contribution >= 4 is 11.9 Å². The Morgan fingerprint density at radius 3 is 2.77 bits per heavy atom. The third kappa shape index (κ3) is 4.37. The highest BCUT2D eigenvalue weighted by Gasteiger charge is 2.39. The van der Waals surface area contributed by atoms with Gasteiger partial charge in [0, 0.05) is 32.2 Å². The molecule has 0 aromatic heterocycles. The molecular weight excluding hydrogens is 324 g/mol. The lowest BCUT2D eigenvalue weighted by Gasteiger charge is -2.33. The first-order valence-electron chi connectivity index (χ1n) is 10.00.